The molecule has 8 heteroatoms. The van der Waals surface area contributed by atoms with Crippen LogP contribution < -0.4 is 10.9 Å². The maximum Gasteiger partial charge on any atom is 0.416 e. The van der Waals surface area contributed by atoms with Crippen molar-refractivity contribution in [3.63, 3.8) is 0 Å². The van der Waals surface area contributed by atoms with Gasteiger partial charge in [0.15, 0.2) is 5.78 Å². The van der Waals surface area contributed by atoms with Crippen molar-refractivity contribution in [2.75, 3.05) is 5.32 Å². The highest BCUT2D eigenvalue weighted by Crippen LogP contribution is 2.30. The molecule has 1 N–H and O–H groups in total. The van der Waals surface area contributed by atoms with Gasteiger partial charge in [-0.3, -0.25) is 19.0 Å². The Morgan fingerprint density at radius 1 is 1.03 bits per heavy atom. The molecule has 1 aromatic heterocycles. The number of nitrogens with one attached hydrogen (secondary N) is 1. The second kappa shape index (κ2) is 8.69. The predicted octanol–water partition coefficient (Wildman–Crippen LogP) is 5.19. The van der Waals surface area contributed by atoms with Gasteiger partial charge in [0.2, 0.25) is 0 Å². The summed E-state index contributed by atoms with van der Waals surface area (Å²) < 4.78 is 40.2. The van der Waals surface area contributed by atoms with Gasteiger partial charge < -0.3 is 5.32 Å². The zero-order valence-electron chi connectivity index (χ0n) is 17.8. The number of aromatic nitrogens is 1. The quantitative estimate of drug-likeness (QED) is 0.590. The minimum Gasteiger partial charge on any atom is -0.322 e. The second-order valence-corrected chi connectivity index (χ2v) is 7.85. The number of Topliss-reactive ketones (excluding diaryl/α,β-unsaturated/α-hetero) is 1. The Morgan fingerprint density at radius 2 is 1.73 bits per heavy atom. The number of carbonyl (C=O) groups excluding carboxylic acids is 2. The lowest BCUT2D eigenvalue weighted by Crippen LogP contribution is -2.33. The van der Waals surface area contributed by atoms with Crippen LogP contribution >= 0.6 is 0 Å². The van der Waals surface area contributed by atoms with Gasteiger partial charge in [0.25, 0.3) is 11.5 Å². The minimum atomic E-state index is -4.52. The number of para-hydroxylation sites is 1. The predicted molar refractivity (Wildman–Crippen MR) is 118 cm³/mol. The van der Waals surface area contributed by atoms with Gasteiger partial charge in [-0.15, -0.1) is 0 Å². The lowest BCUT2D eigenvalue weighted by molar-refractivity contribution is -0.137. The largest absolute Gasteiger partial charge is 0.416 e. The van der Waals surface area contributed by atoms with E-state index in [-0.39, 0.29) is 29.0 Å². The van der Waals surface area contributed by atoms with E-state index in [0.717, 1.165) is 17.7 Å². The van der Waals surface area contributed by atoms with Crippen LogP contribution in [0, 0.1) is 0 Å². The third kappa shape index (κ3) is 4.33. The summed E-state index contributed by atoms with van der Waals surface area (Å²) in [5.41, 5.74) is 0.468. The lowest BCUT2D eigenvalue weighted by Gasteiger charge is -2.22. The van der Waals surface area contributed by atoms with Crippen LogP contribution in [-0.4, -0.2) is 16.3 Å². The molecule has 3 aromatic rings. The summed E-state index contributed by atoms with van der Waals surface area (Å²) in [5.74, 6) is -0.886. The molecule has 0 atom stereocenters. The lowest BCUT2D eigenvalue weighted by atomic mass is 9.92. The van der Waals surface area contributed by atoms with Crippen molar-refractivity contribution in [2.45, 2.75) is 38.8 Å². The first kappa shape index (κ1) is 22.5. The number of aryl methyl sites for hydroxylation is 1. The molecule has 4 rings (SSSR count). The molecule has 2 aromatic carbocycles. The van der Waals surface area contributed by atoms with Crippen molar-refractivity contribution in [1.29, 1.82) is 0 Å². The Morgan fingerprint density at radius 3 is 2.39 bits per heavy atom. The fraction of sp³-hybridized carbons (Fsp3) is 0.240. The van der Waals surface area contributed by atoms with Gasteiger partial charge in [0, 0.05) is 29.1 Å². The number of hydrogen-bond acceptors (Lipinski definition) is 3. The Bertz CT molecular complexity index is 1290. The number of pyridine rings is 1. The van der Waals surface area contributed by atoms with Crippen LogP contribution in [0.15, 0.2) is 59.4 Å². The number of halogens is 3. The number of amides is 1. The number of alkyl halides is 3. The molecule has 0 spiro atoms. The molecule has 170 valence electrons. The topological polar surface area (TPSA) is 68.2 Å². The van der Waals surface area contributed by atoms with E-state index in [1.54, 1.807) is 12.1 Å². The first-order valence-corrected chi connectivity index (χ1v) is 10.6. The first-order valence-electron chi connectivity index (χ1n) is 10.6. The van der Waals surface area contributed by atoms with Crippen LogP contribution in [0.2, 0.25) is 0 Å². The van der Waals surface area contributed by atoms with Crippen LogP contribution in [0.4, 0.5) is 18.9 Å². The van der Waals surface area contributed by atoms with Gasteiger partial charge >= 0.3 is 6.18 Å². The molecular formula is C25H21F3N2O3. The van der Waals surface area contributed by atoms with E-state index in [0.29, 0.717) is 30.6 Å². The second-order valence-electron chi connectivity index (χ2n) is 7.85. The van der Waals surface area contributed by atoms with Crippen LogP contribution in [0.3, 0.4) is 0 Å². The van der Waals surface area contributed by atoms with Crippen LogP contribution in [0.5, 0.6) is 0 Å². The number of benzene rings is 2. The standard InChI is InChI=1S/C25H21F3N2O3/c1-2-15-6-3-4-7-20(15)29-23(32)19-14-18-21(8-5-9-22(18)31)30(24(19)33)17-12-10-16(11-13-17)25(26,27)28/h3-4,6-7,10-14H,2,5,8-9H2,1H3,(H,29,32). The Balaban J connectivity index is 1.84. The van der Waals surface area contributed by atoms with Crippen molar-refractivity contribution in [1.82, 2.24) is 4.57 Å². The zero-order chi connectivity index (χ0) is 23.8. The summed E-state index contributed by atoms with van der Waals surface area (Å²) in [4.78, 5) is 39.1. The highest BCUT2D eigenvalue weighted by molar-refractivity contribution is 6.07. The molecule has 0 radical (unpaired) electrons. The molecule has 0 saturated carbocycles. The molecule has 0 fully saturated rings. The monoisotopic (exact) mass is 454 g/mol. The molecule has 5 nitrogen and oxygen atoms in total. The van der Waals surface area contributed by atoms with Gasteiger partial charge in [0.05, 0.1) is 5.56 Å². The third-order valence-corrected chi connectivity index (χ3v) is 5.76. The van der Waals surface area contributed by atoms with Crippen LogP contribution in [0.25, 0.3) is 5.69 Å². The van der Waals surface area contributed by atoms with Crippen LogP contribution in [-0.2, 0) is 19.0 Å². The summed E-state index contributed by atoms with van der Waals surface area (Å²) in [5, 5.41) is 2.74. The Labute approximate surface area is 187 Å². The van der Waals surface area contributed by atoms with Crippen molar-refractivity contribution in [3.8, 4) is 5.69 Å². The molecule has 1 aliphatic carbocycles. The maximum atomic E-state index is 13.4. The van der Waals surface area contributed by atoms with Gasteiger partial charge in [-0.25, -0.2) is 0 Å². The number of hydrogen-bond donors (Lipinski definition) is 1. The van der Waals surface area contributed by atoms with Crippen molar-refractivity contribution in [3.05, 3.63) is 92.9 Å². The van der Waals surface area contributed by atoms with Crippen molar-refractivity contribution in [2.24, 2.45) is 0 Å². The fourth-order valence-corrected chi connectivity index (χ4v) is 4.07. The average Bonchev–Trinajstić information content (AvgIpc) is 2.79. The number of anilines is 1. The minimum absolute atomic E-state index is 0.169. The number of ketones is 1. The molecular weight excluding hydrogens is 433 g/mol. The molecule has 1 aliphatic rings. The smallest absolute Gasteiger partial charge is 0.322 e. The highest BCUT2D eigenvalue weighted by atomic mass is 19.4. The van der Waals surface area contributed by atoms with Crippen molar-refractivity contribution < 1.29 is 22.8 Å². The van der Waals surface area contributed by atoms with E-state index in [2.05, 4.69) is 5.32 Å². The zero-order valence-corrected chi connectivity index (χ0v) is 17.8. The summed E-state index contributed by atoms with van der Waals surface area (Å²) in [6.45, 7) is 1.93. The van der Waals surface area contributed by atoms with E-state index in [1.165, 1.54) is 22.8 Å². The molecule has 1 heterocycles. The van der Waals surface area contributed by atoms with E-state index >= 15 is 0 Å². The number of fused-ring (bicyclic) bond motifs is 1. The summed E-state index contributed by atoms with van der Waals surface area (Å²) >= 11 is 0. The van der Waals surface area contributed by atoms with Crippen LogP contribution in [0.1, 0.15) is 57.3 Å². The molecule has 1 amide bonds. The summed E-state index contributed by atoms with van der Waals surface area (Å²) in [7, 11) is 0. The number of nitrogens with zero attached hydrogens (tertiary/aromatic N) is 1. The highest BCUT2D eigenvalue weighted by Gasteiger charge is 2.31. The number of rotatable bonds is 4. The van der Waals surface area contributed by atoms with E-state index in [1.807, 2.05) is 19.1 Å². The molecule has 0 saturated heterocycles. The first-order chi connectivity index (χ1) is 15.7. The molecule has 0 unspecified atom stereocenters. The van der Waals surface area contributed by atoms with E-state index in [4.69, 9.17) is 0 Å². The van der Waals surface area contributed by atoms with Gasteiger partial charge in [0.1, 0.15) is 5.56 Å². The van der Waals surface area contributed by atoms with Gasteiger partial charge in [-0.2, -0.15) is 13.2 Å². The van der Waals surface area contributed by atoms with Gasteiger partial charge in [-0.1, -0.05) is 25.1 Å². The molecule has 33 heavy (non-hydrogen) atoms. The van der Waals surface area contributed by atoms with Gasteiger partial charge in [-0.05, 0) is 61.2 Å². The SMILES string of the molecule is CCc1ccccc1NC(=O)c1cc2c(n(-c3ccc(C(F)(F)F)cc3)c1=O)CCCC2=O. The average molecular weight is 454 g/mol. The Kier molecular flexibility index (Phi) is 5.93. The normalized spacial score (nSPS) is 13.5. The maximum absolute atomic E-state index is 13.4. The van der Waals surface area contributed by atoms with E-state index in [9.17, 15) is 27.6 Å². The Hall–Kier alpha value is -3.68. The molecule has 0 aliphatic heterocycles. The summed E-state index contributed by atoms with van der Waals surface area (Å²) in [6.07, 6.45) is -2.67. The third-order valence-electron chi connectivity index (χ3n) is 5.76. The van der Waals surface area contributed by atoms with E-state index < -0.39 is 23.2 Å². The fourth-order valence-electron chi connectivity index (χ4n) is 4.07. The molecule has 0 bridgehead atoms. The summed E-state index contributed by atoms with van der Waals surface area (Å²) in [6, 6.07) is 12.6. The van der Waals surface area contributed by atoms with Crippen molar-refractivity contribution >= 4 is 17.4 Å². The number of carbonyl (C=O) groups is 2.